The Hall–Kier alpha value is -4.05. The quantitative estimate of drug-likeness (QED) is 0.310. The first kappa shape index (κ1) is 29.9. The first-order valence-electron chi connectivity index (χ1n) is 13.6. The minimum atomic E-state index is -0.782. The summed E-state index contributed by atoms with van der Waals surface area (Å²) in [5, 5.41) is 0. The number of hydrogen-bond acceptors (Lipinski definition) is 9. The molecule has 0 saturated heterocycles. The predicted octanol–water partition coefficient (Wildman–Crippen LogP) is 4.39. The third-order valence-electron chi connectivity index (χ3n) is 6.35. The fraction of sp³-hybridized carbons (Fsp3) is 0.387. The average Bonchev–Trinajstić information content (AvgIpc) is 3.25. The fourth-order valence-electron chi connectivity index (χ4n) is 4.62. The van der Waals surface area contributed by atoms with Crippen LogP contribution in [0.1, 0.15) is 58.2 Å². The van der Waals surface area contributed by atoms with Gasteiger partial charge in [0.05, 0.1) is 55.4 Å². The second kappa shape index (κ2) is 13.1. The van der Waals surface area contributed by atoms with Crippen molar-refractivity contribution in [3.8, 4) is 23.0 Å². The van der Waals surface area contributed by atoms with Gasteiger partial charge in [0.25, 0.3) is 5.56 Å². The van der Waals surface area contributed by atoms with E-state index in [2.05, 4.69) is 4.99 Å². The van der Waals surface area contributed by atoms with Crippen LogP contribution in [-0.2, 0) is 9.53 Å². The van der Waals surface area contributed by atoms with Crippen LogP contribution < -0.4 is 33.8 Å². The van der Waals surface area contributed by atoms with Gasteiger partial charge < -0.3 is 23.7 Å². The summed E-state index contributed by atoms with van der Waals surface area (Å²) in [6.07, 6.45) is 2.53. The summed E-state index contributed by atoms with van der Waals surface area (Å²) in [7, 11) is 3.13. The Morgan fingerprint density at radius 2 is 1.85 bits per heavy atom. The van der Waals surface area contributed by atoms with Crippen molar-refractivity contribution < 1.29 is 28.5 Å². The third kappa shape index (κ3) is 6.17. The van der Waals surface area contributed by atoms with Gasteiger partial charge in [-0.2, -0.15) is 0 Å². The van der Waals surface area contributed by atoms with Crippen LogP contribution in [0.3, 0.4) is 0 Å². The van der Waals surface area contributed by atoms with E-state index < -0.39 is 12.0 Å². The molecule has 10 heteroatoms. The highest BCUT2D eigenvalue weighted by molar-refractivity contribution is 7.07. The van der Waals surface area contributed by atoms with E-state index in [0.717, 1.165) is 6.42 Å². The Morgan fingerprint density at radius 3 is 2.51 bits per heavy atom. The van der Waals surface area contributed by atoms with Crippen molar-refractivity contribution in [3.63, 3.8) is 0 Å². The molecule has 9 nitrogen and oxygen atoms in total. The van der Waals surface area contributed by atoms with Crippen LogP contribution >= 0.6 is 11.3 Å². The van der Waals surface area contributed by atoms with E-state index in [-0.39, 0.29) is 18.3 Å². The molecule has 4 rings (SSSR count). The van der Waals surface area contributed by atoms with Crippen LogP contribution in [0.25, 0.3) is 6.08 Å². The molecule has 1 aromatic heterocycles. The topological polar surface area (TPSA) is 97.6 Å². The predicted molar refractivity (Wildman–Crippen MR) is 158 cm³/mol. The summed E-state index contributed by atoms with van der Waals surface area (Å²) in [4.78, 5) is 32.4. The van der Waals surface area contributed by atoms with Crippen molar-refractivity contribution in [1.29, 1.82) is 0 Å². The molecule has 0 fully saturated rings. The number of nitrogens with zero attached hydrogens (tertiary/aromatic N) is 2. The zero-order chi connectivity index (χ0) is 29.7. The largest absolute Gasteiger partial charge is 0.493 e. The molecule has 0 amide bonds. The van der Waals surface area contributed by atoms with Crippen molar-refractivity contribution in [2.45, 2.75) is 53.2 Å². The summed E-state index contributed by atoms with van der Waals surface area (Å²) in [5.41, 5.74) is 1.85. The molecule has 218 valence electrons. The highest BCUT2D eigenvalue weighted by atomic mass is 32.1. The third-order valence-corrected chi connectivity index (χ3v) is 7.33. The molecule has 0 bridgehead atoms. The van der Waals surface area contributed by atoms with Gasteiger partial charge in [-0.3, -0.25) is 9.36 Å². The van der Waals surface area contributed by atoms with Gasteiger partial charge in [-0.1, -0.05) is 36.5 Å². The second-order valence-electron chi connectivity index (χ2n) is 9.61. The van der Waals surface area contributed by atoms with Gasteiger partial charge in [-0.15, -0.1) is 0 Å². The van der Waals surface area contributed by atoms with Crippen LogP contribution in [0.5, 0.6) is 23.0 Å². The van der Waals surface area contributed by atoms with Crippen LogP contribution in [-0.4, -0.2) is 44.1 Å². The number of rotatable bonds is 11. The molecule has 3 aromatic rings. The average molecular weight is 581 g/mol. The van der Waals surface area contributed by atoms with E-state index in [1.54, 1.807) is 50.8 Å². The molecule has 1 unspecified atom stereocenters. The van der Waals surface area contributed by atoms with Gasteiger partial charge in [-0.05, 0) is 64.0 Å². The summed E-state index contributed by atoms with van der Waals surface area (Å²) in [5.74, 6) is 1.67. The lowest BCUT2D eigenvalue weighted by Gasteiger charge is -2.25. The molecule has 2 aromatic carbocycles. The number of hydrogen-bond donors (Lipinski definition) is 0. The number of para-hydroxylation sites is 1. The second-order valence-corrected chi connectivity index (χ2v) is 10.6. The van der Waals surface area contributed by atoms with Crippen molar-refractivity contribution in [1.82, 2.24) is 4.57 Å². The fourth-order valence-corrected chi connectivity index (χ4v) is 5.66. The van der Waals surface area contributed by atoms with E-state index in [1.807, 2.05) is 45.0 Å². The number of fused-ring (bicyclic) bond motifs is 1. The molecule has 0 N–H and O–H groups in total. The van der Waals surface area contributed by atoms with Gasteiger partial charge in [0.2, 0.25) is 0 Å². The Labute approximate surface area is 243 Å². The lowest BCUT2D eigenvalue weighted by atomic mass is 9.95. The SMILES string of the molecule is CCCOc1c(C=c2sc3n(c2=O)C(c2ccc(OC(C)C)c(OC)c2)C(C(=O)OCC)=C(C)N=3)cccc1OC. The highest BCUT2D eigenvalue weighted by Gasteiger charge is 2.34. The zero-order valence-electron chi connectivity index (χ0n) is 24.5. The van der Waals surface area contributed by atoms with E-state index >= 15 is 0 Å². The number of ether oxygens (including phenoxy) is 5. The summed E-state index contributed by atoms with van der Waals surface area (Å²) in [6, 6.07) is 10.2. The van der Waals surface area contributed by atoms with Crippen LogP contribution in [0, 0.1) is 0 Å². The lowest BCUT2D eigenvalue weighted by Crippen LogP contribution is -2.40. The summed E-state index contributed by atoms with van der Waals surface area (Å²) in [6.45, 7) is 10.1. The Bertz CT molecular complexity index is 1630. The van der Waals surface area contributed by atoms with Gasteiger partial charge in [0.1, 0.15) is 0 Å². The molecule has 1 atom stereocenters. The van der Waals surface area contributed by atoms with Crippen LogP contribution in [0.15, 0.2) is 57.5 Å². The molecule has 0 saturated carbocycles. The minimum Gasteiger partial charge on any atom is -0.493 e. The first-order chi connectivity index (χ1) is 19.7. The highest BCUT2D eigenvalue weighted by Crippen LogP contribution is 2.37. The molecular formula is C31H36N2O7S. The van der Waals surface area contributed by atoms with Gasteiger partial charge in [0.15, 0.2) is 27.8 Å². The van der Waals surface area contributed by atoms with Gasteiger partial charge in [-0.25, -0.2) is 9.79 Å². The molecule has 1 aliphatic rings. The molecular weight excluding hydrogens is 544 g/mol. The van der Waals surface area contributed by atoms with Crippen molar-refractivity contribution >= 4 is 23.4 Å². The van der Waals surface area contributed by atoms with Gasteiger partial charge >= 0.3 is 5.97 Å². The standard InChI is InChI=1S/C31H36N2O7S/c1-8-15-39-28-21(11-10-12-23(28)36-6)17-25-29(34)33-27(20-13-14-22(40-18(3)4)24(16-20)37-7)26(30(35)38-9-2)19(5)32-31(33)41-25/h10-14,16-18,27H,8-9,15H2,1-7H3. The Morgan fingerprint density at radius 1 is 1.10 bits per heavy atom. The van der Waals surface area contributed by atoms with Crippen LogP contribution in [0.4, 0.5) is 0 Å². The monoisotopic (exact) mass is 580 g/mol. The zero-order valence-corrected chi connectivity index (χ0v) is 25.3. The number of aromatic nitrogens is 1. The number of carbonyl (C=O) groups is 1. The Kier molecular flexibility index (Phi) is 9.54. The maximum atomic E-state index is 14.1. The summed E-state index contributed by atoms with van der Waals surface area (Å²) < 4.78 is 30.4. The van der Waals surface area contributed by atoms with Crippen LogP contribution in [0.2, 0.25) is 0 Å². The smallest absolute Gasteiger partial charge is 0.338 e. The van der Waals surface area contributed by atoms with Crippen molar-refractivity contribution in [2.75, 3.05) is 27.4 Å². The van der Waals surface area contributed by atoms with E-state index in [1.165, 1.54) is 11.3 Å². The molecule has 41 heavy (non-hydrogen) atoms. The molecule has 2 heterocycles. The number of allylic oxidation sites excluding steroid dienone is 1. The number of esters is 1. The first-order valence-corrected chi connectivity index (χ1v) is 14.4. The number of thiazole rings is 1. The normalized spacial score (nSPS) is 14.9. The van der Waals surface area contributed by atoms with E-state index in [4.69, 9.17) is 23.7 Å². The summed E-state index contributed by atoms with van der Waals surface area (Å²) >= 11 is 1.24. The molecule has 0 spiro atoms. The van der Waals surface area contributed by atoms with Gasteiger partial charge in [0, 0.05) is 5.56 Å². The van der Waals surface area contributed by atoms with Crippen molar-refractivity contribution in [3.05, 3.63) is 78.5 Å². The maximum absolute atomic E-state index is 14.1. The minimum absolute atomic E-state index is 0.0625. The number of methoxy groups -OCH3 is 2. The van der Waals surface area contributed by atoms with E-state index in [9.17, 15) is 9.59 Å². The molecule has 1 aliphatic heterocycles. The Balaban J connectivity index is 1.95. The van der Waals surface area contributed by atoms with Crippen molar-refractivity contribution in [2.24, 2.45) is 4.99 Å². The lowest BCUT2D eigenvalue weighted by molar-refractivity contribution is -0.139. The number of carbonyl (C=O) groups excluding carboxylic acids is 1. The number of benzene rings is 2. The molecule has 0 aliphatic carbocycles. The van der Waals surface area contributed by atoms with E-state index in [0.29, 0.717) is 61.3 Å². The maximum Gasteiger partial charge on any atom is 0.338 e. The molecule has 0 radical (unpaired) electrons.